The highest BCUT2D eigenvalue weighted by Gasteiger charge is 2.09. The molecule has 2 amide bonds. The largest absolute Gasteiger partial charge is 0.491 e. The second kappa shape index (κ2) is 8.23. The Morgan fingerprint density at radius 1 is 1.45 bits per heavy atom. The highest BCUT2D eigenvalue weighted by atomic mass is 35.5. The Kier molecular flexibility index (Phi) is 6.02. The number of anilines is 1. The van der Waals surface area contributed by atoms with Crippen molar-refractivity contribution in [2.75, 3.05) is 18.5 Å². The Morgan fingerprint density at radius 2 is 2.32 bits per heavy atom. The molecule has 0 atom stereocenters. The lowest BCUT2D eigenvalue weighted by Gasteiger charge is -2.13. The number of nitrogens with one attached hydrogen (secondary N) is 3. The van der Waals surface area contributed by atoms with Crippen LogP contribution in [0.1, 0.15) is 19.2 Å². The van der Waals surface area contributed by atoms with Crippen LogP contribution >= 0.6 is 11.6 Å². The van der Waals surface area contributed by atoms with Crippen molar-refractivity contribution in [2.45, 2.75) is 19.8 Å². The molecule has 2 rings (SSSR count). The van der Waals surface area contributed by atoms with Gasteiger partial charge in [-0.3, -0.25) is 5.10 Å². The maximum Gasteiger partial charge on any atom is 0.319 e. The molecule has 0 unspecified atom stereocenters. The van der Waals surface area contributed by atoms with E-state index in [1.54, 1.807) is 18.2 Å². The van der Waals surface area contributed by atoms with Gasteiger partial charge in [-0.05, 0) is 24.6 Å². The maximum absolute atomic E-state index is 11.9. The number of carbonyl (C=O) groups excluding carboxylic acids is 1. The summed E-state index contributed by atoms with van der Waals surface area (Å²) in [6.07, 6.45) is 2.88. The minimum Gasteiger partial charge on any atom is -0.491 e. The molecule has 1 aromatic heterocycles. The van der Waals surface area contributed by atoms with Gasteiger partial charge < -0.3 is 15.4 Å². The molecule has 3 N–H and O–H groups in total. The Labute approximate surface area is 133 Å². The molecule has 2 aromatic rings. The molecule has 0 radical (unpaired) electrons. The fourth-order valence-electron chi connectivity index (χ4n) is 1.75. The standard InChI is InChI=1S/C14H18ClN5O2/c1-2-7-22-12-4-3-10(15)8-11(12)19-14(21)16-6-5-13-17-9-18-20-13/h3-4,8-9H,2,5-7H2,1H3,(H2,16,19,21)(H,17,18,20). The lowest BCUT2D eigenvalue weighted by Crippen LogP contribution is -2.30. The summed E-state index contributed by atoms with van der Waals surface area (Å²) in [6.45, 7) is 3.02. The number of H-pyrrole nitrogens is 1. The van der Waals surface area contributed by atoms with Crippen molar-refractivity contribution in [1.29, 1.82) is 0 Å². The van der Waals surface area contributed by atoms with Gasteiger partial charge in [0.1, 0.15) is 17.9 Å². The molecule has 0 aliphatic heterocycles. The molecule has 0 saturated heterocycles. The van der Waals surface area contributed by atoms with Gasteiger partial charge in [0.15, 0.2) is 0 Å². The van der Waals surface area contributed by atoms with Crippen molar-refractivity contribution in [3.05, 3.63) is 35.4 Å². The minimum absolute atomic E-state index is 0.330. The van der Waals surface area contributed by atoms with Crippen molar-refractivity contribution in [3.8, 4) is 5.75 Å². The van der Waals surface area contributed by atoms with E-state index in [4.69, 9.17) is 16.3 Å². The van der Waals surface area contributed by atoms with Crippen molar-refractivity contribution in [3.63, 3.8) is 0 Å². The summed E-state index contributed by atoms with van der Waals surface area (Å²) < 4.78 is 5.58. The lowest BCUT2D eigenvalue weighted by molar-refractivity contribution is 0.252. The van der Waals surface area contributed by atoms with E-state index in [0.717, 1.165) is 12.2 Å². The van der Waals surface area contributed by atoms with Crippen LogP contribution in [0, 0.1) is 0 Å². The van der Waals surface area contributed by atoms with E-state index in [-0.39, 0.29) is 6.03 Å². The minimum atomic E-state index is -0.330. The number of urea groups is 1. The first-order valence-electron chi connectivity index (χ1n) is 7.00. The van der Waals surface area contributed by atoms with Crippen molar-refractivity contribution < 1.29 is 9.53 Å². The zero-order valence-corrected chi connectivity index (χ0v) is 13.0. The third-order valence-electron chi connectivity index (χ3n) is 2.76. The zero-order chi connectivity index (χ0) is 15.8. The normalized spacial score (nSPS) is 10.3. The van der Waals surface area contributed by atoms with Gasteiger partial charge in [0.2, 0.25) is 0 Å². The molecule has 1 heterocycles. The van der Waals surface area contributed by atoms with E-state index in [1.807, 2.05) is 6.92 Å². The number of benzene rings is 1. The maximum atomic E-state index is 11.9. The van der Waals surface area contributed by atoms with E-state index in [0.29, 0.717) is 36.0 Å². The molecular weight excluding hydrogens is 306 g/mol. The summed E-state index contributed by atoms with van der Waals surface area (Å²) >= 11 is 5.96. The fourth-order valence-corrected chi connectivity index (χ4v) is 1.92. The van der Waals surface area contributed by atoms with Gasteiger partial charge in [0, 0.05) is 18.0 Å². The number of nitrogens with zero attached hydrogens (tertiary/aromatic N) is 2. The molecule has 7 nitrogen and oxygen atoms in total. The van der Waals surface area contributed by atoms with Crippen LogP contribution < -0.4 is 15.4 Å². The van der Waals surface area contributed by atoms with E-state index in [1.165, 1.54) is 6.33 Å². The summed E-state index contributed by atoms with van der Waals surface area (Å²) in [6, 6.07) is 4.78. The lowest BCUT2D eigenvalue weighted by atomic mass is 10.3. The van der Waals surface area contributed by atoms with Gasteiger partial charge in [-0.25, -0.2) is 9.78 Å². The van der Waals surface area contributed by atoms with Crippen molar-refractivity contribution >= 4 is 23.3 Å². The smallest absolute Gasteiger partial charge is 0.319 e. The van der Waals surface area contributed by atoms with E-state index in [9.17, 15) is 4.79 Å². The van der Waals surface area contributed by atoms with Crippen LogP contribution in [0.5, 0.6) is 5.75 Å². The summed E-state index contributed by atoms with van der Waals surface area (Å²) in [5.74, 6) is 1.31. The molecule has 8 heteroatoms. The number of rotatable bonds is 7. The Balaban J connectivity index is 1.88. The topological polar surface area (TPSA) is 91.9 Å². The van der Waals surface area contributed by atoms with Gasteiger partial charge >= 0.3 is 6.03 Å². The monoisotopic (exact) mass is 323 g/mol. The van der Waals surface area contributed by atoms with Crippen molar-refractivity contribution in [2.24, 2.45) is 0 Å². The molecular formula is C14H18ClN5O2. The average Bonchev–Trinajstić information content (AvgIpc) is 3.00. The highest BCUT2D eigenvalue weighted by molar-refractivity contribution is 6.31. The predicted molar refractivity (Wildman–Crippen MR) is 84.3 cm³/mol. The predicted octanol–water partition coefficient (Wildman–Crippen LogP) is 2.61. The van der Waals surface area contributed by atoms with Gasteiger partial charge in [0.05, 0.1) is 12.3 Å². The van der Waals surface area contributed by atoms with Crippen molar-refractivity contribution in [1.82, 2.24) is 20.5 Å². The van der Waals surface area contributed by atoms with E-state index < -0.39 is 0 Å². The molecule has 0 bridgehead atoms. The Bertz CT molecular complexity index is 603. The quantitative estimate of drug-likeness (QED) is 0.730. The second-order valence-electron chi connectivity index (χ2n) is 4.55. The highest BCUT2D eigenvalue weighted by Crippen LogP contribution is 2.28. The number of ether oxygens (including phenoxy) is 1. The molecule has 1 aromatic carbocycles. The first kappa shape index (κ1) is 16.1. The number of carbonyl (C=O) groups is 1. The SMILES string of the molecule is CCCOc1ccc(Cl)cc1NC(=O)NCCc1ncn[nH]1. The van der Waals surface area contributed by atoms with E-state index in [2.05, 4.69) is 25.8 Å². The van der Waals surface area contributed by atoms with Gasteiger partial charge in [-0.15, -0.1) is 0 Å². The summed E-state index contributed by atoms with van der Waals surface area (Å²) in [7, 11) is 0. The van der Waals surface area contributed by atoms with Crippen LogP contribution in [0.25, 0.3) is 0 Å². The van der Waals surface area contributed by atoms with Crippen LogP contribution in [-0.2, 0) is 6.42 Å². The van der Waals surface area contributed by atoms with Crippen LogP contribution in [0.2, 0.25) is 5.02 Å². The summed E-state index contributed by atoms with van der Waals surface area (Å²) in [4.78, 5) is 15.9. The Hall–Kier alpha value is -2.28. The number of hydrogen-bond acceptors (Lipinski definition) is 4. The fraction of sp³-hybridized carbons (Fsp3) is 0.357. The van der Waals surface area contributed by atoms with Gasteiger partial charge in [0.25, 0.3) is 0 Å². The number of aromatic amines is 1. The molecule has 118 valence electrons. The second-order valence-corrected chi connectivity index (χ2v) is 4.99. The molecule has 0 saturated carbocycles. The Morgan fingerprint density at radius 3 is 3.05 bits per heavy atom. The van der Waals surface area contributed by atoms with Crippen LogP contribution in [0.3, 0.4) is 0 Å². The van der Waals surface area contributed by atoms with Crippen LogP contribution in [0.15, 0.2) is 24.5 Å². The molecule has 0 spiro atoms. The average molecular weight is 324 g/mol. The first-order valence-corrected chi connectivity index (χ1v) is 7.38. The molecule has 22 heavy (non-hydrogen) atoms. The van der Waals surface area contributed by atoms with E-state index >= 15 is 0 Å². The number of aromatic nitrogens is 3. The summed E-state index contributed by atoms with van der Waals surface area (Å²) in [5, 5.41) is 12.5. The molecule has 0 aliphatic rings. The summed E-state index contributed by atoms with van der Waals surface area (Å²) in [5.41, 5.74) is 0.540. The number of hydrogen-bond donors (Lipinski definition) is 3. The van der Waals surface area contributed by atoms with Gasteiger partial charge in [-0.1, -0.05) is 18.5 Å². The van der Waals surface area contributed by atoms with Gasteiger partial charge in [-0.2, -0.15) is 5.10 Å². The van der Waals surface area contributed by atoms with Crippen LogP contribution in [-0.4, -0.2) is 34.4 Å². The van der Waals surface area contributed by atoms with Crippen LogP contribution in [0.4, 0.5) is 10.5 Å². The molecule has 0 aliphatic carbocycles. The number of halogens is 1. The third-order valence-corrected chi connectivity index (χ3v) is 3.00. The number of amides is 2. The zero-order valence-electron chi connectivity index (χ0n) is 12.2. The third kappa shape index (κ3) is 4.92. The molecule has 0 fully saturated rings. The first-order chi connectivity index (χ1) is 10.7.